The van der Waals surface area contributed by atoms with Crippen molar-refractivity contribution >= 4 is 19.0 Å². The van der Waals surface area contributed by atoms with Crippen LogP contribution in [0.5, 0.6) is 0 Å². The molecule has 1 aliphatic heterocycles. The first kappa shape index (κ1) is 11.7. The fourth-order valence-electron chi connectivity index (χ4n) is 1.96. The van der Waals surface area contributed by atoms with E-state index >= 15 is 0 Å². The molecule has 0 radical (unpaired) electrons. The van der Waals surface area contributed by atoms with Crippen LogP contribution in [0.3, 0.4) is 0 Å². The summed E-state index contributed by atoms with van der Waals surface area (Å²) in [6.07, 6.45) is 2.13. The summed E-state index contributed by atoms with van der Waals surface area (Å²) in [6, 6.07) is 0. The smallest absolute Gasteiger partial charge is 0.277 e. The zero-order chi connectivity index (χ0) is 10.1. The van der Waals surface area contributed by atoms with Crippen LogP contribution in [0.2, 0.25) is 0 Å². The van der Waals surface area contributed by atoms with Crippen LogP contribution < -0.4 is 0 Å². The lowest BCUT2D eigenvalue weighted by Crippen LogP contribution is -2.49. The van der Waals surface area contributed by atoms with Crippen molar-refractivity contribution in [1.29, 1.82) is 0 Å². The Hall–Kier alpha value is 0.640. The van der Waals surface area contributed by atoms with Gasteiger partial charge >= 0.3 is 0 Å². The molecule has 0 bridgehead atoms. The van der Waals surface area contributed by atoms with Gasteiger partial charge in [0.1, 0.15) is 0 Å². The molecule has 1 unspecified atom stereocenters. The standard InChI is InChI=1S/C9H18ClO2P/c1-5-9(6-2)7-11-13(10)12-8(9,3)4/h5-7H2,1-4H3. The van der Waals surface area contributed by atoms with Gasteiger partial charge in [0.15, 0.2) is 0 Å². The van der Waals surface area contributed by atoms with Crippen molar-refractivity contribution in [3.8, 4) is 0 Å². The molecule has 1 heterocycles. The van der Waals surface area contributed by atoms with Crippen molar-refractivity contribution in [1.82, 2.24) is 0 Å². The minimum Gasteiger partial charge on any atom is -0.321 e. The molecule has 0 N–H and O–H groups in total. The maximum Gasteiger partial charge on any atom is 0.277 e. The summed E-state index contributed by atoms with van der Waals surface area (Å²) in [7, 11) is -1.18. The summed E-state index contributed by atoms with van der Waals surface area (Å²) in [5.74, 6) is 0. The number of hydrogen-bond acceptors (Lipinski definition) is 2. The Morgan fingerprint density at radius 3 is 2.23 bits per heavy atom. The monoisotopic (exact) mass is 224 g/mol. The Labute approximate surface area is 86.6 Å². The highest BCUT2D eigenvalue weighted by atomic mass is 35.7. The molecule has 0 saturated carbocycles. The molecule has 1 atom stereocenters. The molecule has 0 spiro atoms. The van der Waals surface area contributed by atoms with Crippen LogP contribution in [-0.2, 0) is 9.05 Å². The lowest BCUT2D eigenvalue weighted by Gasteiger charge is -2.49. The second kappa shape index (κ2) is 4.02. The van der Waals surface area contributed by atoms with E-state index in [-0.39, 0.29) is 11.0 Å². The highest BCUT2D eigenvalue weighted by molar-refractivity contribution is 7.76. The van der Waals surface area contributed by atoms with Crippen LogP contribution in [0.1, 0.15) is 40.5 Å². The van der Waals surface area contributed by atoms with Gasteiger partial charge in [0.2, 0.25) is 0 Å². The minimum absolute atomic E-state index is 0.126. The van der Waals surface area contributed by atoms with E-state index in [4.69, 9.17) is 20.3 Å². The van der Waals surface area contributed by atoms with Crippen molar-refractivity contribution in [2.24, 2.45) is 5.41 Å². The minimum atomic E-state index is -1.18. The molecule has 0 amide bonds. The molecule has 4 heteroatoms. The average Bonchev–Trinajstić information content (AvgIpc) is 2.04. The van der Waals surface area contributed by atoms with E-state index in [1.54, 1.807) is 0 Å². The number of halogens is 1. The molecule has 1 aliphatic rings. The van der Waals surface area contributed by atoms with Gasteiger partial charge in [0, 0.05) is 5.41 Å². The lowest BCUT2D eigenvalue weighted by molar-refractivity contribution is -0.0943. The summed E-state index contributed by atoms with van der Waals surface area (Å²) in [5, 5.41) is 0. The number of rotatable bonds is 2. The molecule has 0 aromatic carbocycles. The van der Waals surface area contributed by atoms with Crippen molar-refractivity contribution in [3.05, 3.63) is 0 Å². The predicted octanol–water partition coefficient (Wildman–Crippen LogP) is 4.08. The molecule has 0 aromatic rings. The van der Waals surface area contributed by atoms with Crippen LogP contribution in [0, 0.1) is 5.41 Å². The zero-order valence-electron chi connectivity index (χ0n) is 8.76. The van der Waals surface area contributed by atoms with Gasteiger partial charge in [-0.2, -0.15) is 0 Å². The molecule has 1 fully saturated rings. The Morgan fingerprint density at radius 1 is 1.31 bits per heavy atom. The van der Waals surface area contributed by atoms with E-state index in [9.17, 15) is 0 Å². The third-order valence-corrected chi connectivity index (χ3v) is 4.80. The second-order valence-electron chi connectivity index (χ2n) is 4.08. The second-order valence-corrected chi connectivity index (χ2v) is 5.77. The third kappa shape index (κ3) is 2.02. The van der Waals surface area contributed by atoms with Crippen LogP contribution in [0.4, 0.5) is 0 Å². The quantitative estimate of drug-likeness (QED) is 0.658. The molecule has 2 nitrogen and oxygen atoms in total. The van der Waals surface area contributed by atoms with Gasteiger partial charge in [-0.15, -0.1) is 0 Å². The van der Waals surface area contributed by atoms with Crippen LogP contribution in [-0.4, -0.2) is 12.2 Å². The van der Waals surface area contributed by atoms with Crippen LogP contribution >= 0.6 is 19.0 Å². The molecule has 0 aromatic heterocycles. The first-order valence-electron chi connectivity index (χ1n) is 4.75. The van der Waals surface area contributed by atoms with Gasteiger partial charge in [0.05, 0.1) is 12.2 Å². The van der Waals surface area contributed by atoms with Gasteiger partial charge in [-0.3, -0.25) is 0 Å². The van der Waals surface area contributed by atoms with Gasteiger partial charge in [-0.1, -0.05) is 13.8 Å². The SMILES string of the molecule is CCC1(CC)COP(Cl)OC1(C)C. The Morgan fingerprint density at radius 2 is 1.85 bits per heavy atom. The highest BCUT2D eigenvalue weighted by Crippen LogP contribution is 2.59. The summed E-state index contributed by atoms with van der Waals surface area (Å²) < 4.78 is 11.1. The first-order chi connectivity index (χ1) is 5.97. The van der Waals surface area contributed by atoms with Crippen molar-refractivity contribution in [2.75, 3.05) is 6.61 Å². The van der Waals surface area contributed by atoms with Gasteiger partial charge < -0.3 is 9.05 Å². The maximum absolute atomic E-state index is 5.86. The summed E-state index contributed by atoms with van der Waals surface area (Å²) in [5.41, 5.74) is -0.0388. The normalized spacial score (nSPS) is 31.6. The topological polar surface area (TPSA) is 18.5 Å². The van der Waals surface area contributed by atoms with Crippen molar-refractivity contribution in [2.45, 2.75) is 46.1 Å². The lowest BCUT2D eigenvalue weighted by atomic mass is 9.70. The van der Waals surface area contributed by atoms with E-state index in [2.05, 4.69) is 27.7 Å². The summed E-state index contributed by atoms with van der Waals surface area (Å²) in [6.45, 7) is 9.31. The summed E-state index contributed by atoms with van der Waals surface area (Å²) in [4.78, 5) is 0. The average molecular weight is 225 g/mol. The fraction of sp³-hybridized carbons (Fsp3) is 1.00. The largest absolute Gasteiger partial charge is 0.321 e. The van der Waals surface area contributed by atoms with E-state index in [1.165, 1.54) is 0 Å². The van der Waals surface area contributed by atoms with E-state index < -0.39 is 7.73 Å². The Kier molecular flexibility index (Phi) is 3.62. The zero-order valence-corrected chi connectivity index (χ0v) is 10.4. The summed E-state index contributed by atoms with van der Waals surface area (Å²) >= 11 is 5.86. The molecule has 1 saturated heterocycles. The first-order valence-corrected chi connectivity index (χ1v) is 6.83. The van der Waals surface area contributed by atoms with Crippen LogP contribution in [0.15, 0.2) is 0 Å². The molecular formula is C9H18ClO2P. The van der Waals surface area contributed by atoms with Crippen molar-refractivity contribution < 1.29 is 9.05 Å². The number of hydrogen-bond donors (Lipinski definition) is 0. The Balaban J connectivity index is 2.84. The van der Waals surface area contributed by atoms with Gasteiger partial charge in [-0.05, 0) is 37.9 Å². The van der Waals surface area contributed by atoms with Crippen molar-refractivity contribution in [3.63, 3.8) is 0 Å². The van der Waals surface area contributed by atoms with Gasteiger partial charge in [0.25, 0.3) is 7.73 Å². The molecular weight excluding hydrogens is 207 g/mol. The molecule has 78 valence electrons. The van der Waals surface area contributed by atoms with Gasteiger partial charge in [-0.25, -0.2) is 0 Å². The van der Waals surface area contributed by atoms with Crippen LogP contribution in [0.25, 0.3) is 0 Å². The maximum atomic E-state index is 5.86. The van der Waals surface area contributed by atoms with E-state index in [0.717, 1.165) is 19.4 Å². The predicted molar refractivity (Wildman–Crippen MR) is 56.9 cm³/mol. The fourth-order valence-corrected chi connectivity index (χ4v) is 3.57. The van der Waals surface area contributed by atoms with E-state index in [1.807, 2.05) is 0 Å². The molecule has 13 heavy (non-hydrogen) atoms. The molecule has 1 rings (SSSR count). The highest BCUT2D eigenvalue weighted by Gasteiger charge is 2.49. The third-order valence-electron chi connectivity index (χ3n) is 3.37. The Bertz CT molecular complexity index is 180. The van der Waals surface area contributed by atoms with E-state index in [0.29, 0.717) is 0 Å². The molecule has 0 aliphatic carbocycles.